The summed E-state index contributed by atoms with van der Waals surface area (Å²) < 4.78 is 0. The van der Waals surface area contributed by atoms with Gasteiger partial charge in [0.1, 0.15) is 0 Å². The van der Waals surface area contributed by atoms with E-state index in [4.69, 9.17) is 0 Å². The van der Waals surface area contributed by atoms with Crippen molar-refractivity contribution in [2.45, 2.75) is 6.92 Å². The molecule has 14 heavy (non-hydrogen) atoms. The Morgan fingerprint density at radius 3 is 2.86 bits per heavy atom. The van der Waals surface area contributed by atoms with Gasteiger partial charge in [0.2, 0.25) is 5.91 Å². The number of carbonyl (C=O) groups excluding carboxylic acids is 1. The van der Waals surface area contributed by atoms with E-state index in [0.717, 1.165) is 5.56 Å². The van der Waals surface area contributed by atoms with E-state index in [1.54, 1.807) is 18.2 Å². The van der Waals surface area contributed by atoms with Crippen molar-refractivity contribution in [3.05, 3.63) is 30.3 Å². The molecule has 1 rings (SSSR count). The molecule has 3 nitrogen and oxygen atoms in total. The Balaban J connectivity index is 0.00000196. The molecule has 1 aromatic rings. The predicted molar refractivity (Wildman–Crippen MR) is 62.2 cm³/mol. The second kappa shape index (κ2) is 4.37. The van der Waals surface area contributed by atoms with Crippen LogP contribution in [0.2, 0.25) is 0 Å². The number of amides is 1. The zero-order chi connectivity index (χ0) is 10.6. The highest BCUT2D eigenvalue weighted by Crippen LogP contribution is 2.24. The third-order valence-corrected chi connectivity index (χ3v) is 1.74. The molecule has 0 saturated carbocycles. The number of anilines is 1. The number of nitrogens with one attached hydrogen (secondary N) is 1. The van der Waals surface area contributed by atoms with Crippen LogP contribution >= 0.6 is 0 Å². The van der Waals surface area contributed by atoms with Gasteiger partial charge in [-0.1, -0.05) is 18.7 Å². The number of carbonyl (C=O) groups is 1. The molecule has 0 heterocycles. The molecule has 0 aliphatic heterocycles. The first kappa shape index (κ1) is 10.2. The molecular formula is C11H14N2O. The Morgan fingerprint density at radius 2 is 2.36 bits per heavy atom. The van der Waals surface area contributed by atoms with Gasteiger partial charge in [0.15, 0.2) is 0 Å². The van der Waals surface area contributed by atoms with Crippen molar-refractivity contribution in [2.24, 2.45) is 4.99 Å². The quantitative estimate of drug-likeness (QED) is 0.731. The monoisotopic (exact) mass is 190 g/mol. The van der Waals surface area contributed by atoms with Crippen LogP contribution in [0.25, 0.3) is 6.08 Å². The van der Waals surface area contributed by atoms with E-state index in [2.05, 4.69) is 23.6 Å². The SMILES string of the molecule is C=Cc1ccc(NC(C)=O)cc1N=C.[HH]. The number of hydrogen-bond acceptors (Lipinski definition) is 2. The number of benzene rings is 1. The zero-order valence-electron chi connectivity index (χ0n) is 8.08. The van der Waals surface area contributed by atoms with Crippen LogP contribution < -0.4 is 5.32 Å². The number of nitrogens with zero attached hydrogens (tertiary/aromatic N) is 1. The predicted octanol–water partition coefficient (Wildman–Crippen LogP) is 2.87. The lowest BCUT2D eigenvalue weighted by Crippen LogP contribution is -2.05. The van der Waals surface area contributed by atoms with Crippen LogP contribution in [0.5, 0.6) is 0 Å². The van der Waals surface area contributed by atoms with E-state index in [9.17, 15) is 4.79 Å². The fourth-order valence-corrected chi connectivity index (χ4v) is 1.13. The largest absolute Gasteiger partial charge is 0.326 e. The Bertz CT molecular complexity index is 388. The lowest BCUT2D eigenvalue weighted by Gasteiger charge is -2.05. The summed E-state index contributed by atoms with van der Waals surface area (Å²) in [6.45, 7) is 8.57. The molecule has 1 amide bonds. The van der Waals surface area contributed by atoms with Crippen molar-refractivity contribution in [1.29, 1.82) is 0 Å². The lowest BCUT2D eigenvalue weighted by molar-refractivity contribution is -0.114. The summed E-state index contributed by atoms with van der Waals surface area (Å²) in [5, 5.41) is 2.67. The van der Waals surface area contributed by atoms with E-state index in [-0.39, 0.29) is 7.33 Å². The molecule has 3 heteroatoms. The first-order valence-corrected chi connectivity index (χ1v) is 4.18. The van der Waals surface area contributed by atoms with Gasteiger partial charge in [-0.05, 0) is 24.4 Å². The fourth-order valence-electron chi connectivity index (χ4n) is 1.13. The van der Waals surface area contributed by atoms with Crippen molar-refractivity contribution < 1.29 is 6.22 Å². The molecule has 0 fully saturated rings. The standard InChI is InChI=1S/C11H12N2O.H2/c1-4-9-5-6-10(13-8(2)14)7-11(9)12-3;/h4-7H,1,3H2,2H3,(H,13,14);1H. The van der Waals surface area contributed by atoms with Crippen molar-refractivity contribution in [2.75, 3.05) is 5.32 Å². The van der Waals surface area contributed by atoms with Crippen molar-refractivity contribution in [3.63, 3.8) is 0 Å². The molecule has 1 aromatic carbocycles. The van der Waals surface area contributed by atoms with Crippen molar-refractivity contribution >= 4 is 30.1 Å². The van der Waals surface area contributed by atoms with E-state index >= 15 is 0 Å². The van der Waals surface area contributed by atoms with Crippen LogP contribution in [0.1, 0.15) is 13.9 Å². The molecule has 0 unspecified atom stereocenters. The van der Waals surface area contributed by atoms with Gasteiger partial charge in [-0.2, -0.15) is 0 Å². The number of rotatable bonds is 3. The highest BCUT2D eigenvalue weighted by Gasteiger charge is 2.00. The topological polar surface area (TPSA) is 41.5 Å². The van der Waals surface area contributed by atoms with Gasteiger partial charge < -0.3 is 5.32 Å². The van der Waals surface area contributed by atoms with Crippen molar-refractivity contribution in [3.8, 4) is 0 Å². The van der Waals surface area contributed by atoms with Crippen LogP contribution in [-0.2, 0) is 4.79 Å². The molecule has 74 valence electrons. The van der Waals surface area contributed by atoms with Crippen LogP contribution in [0.15, 0.2) is 29.8 Å². The smallest absolute Gasteiger partial charge is 0.221 e. The lowest BCUT2D eigenvalue weighted by atomic mass is 10.1. The van der Waals surface area contributed by atoms with Gasteiger partial charge in [0, 0.05) is 14.0 Å². The molecule has 0 saturated heterocycles. The fraction of sp³-hybridized carbons (Fsp3) is 0.0909. The van der Waals surface area contributed by atoms with Gasteiger partial charge in [-0.3, -0.25) is 9.79 Å². The molecule has 0 atom stereocenters. The van der Waals surface area contributed by atoms with E-state index in [1.165, 1.54) is 6.92 Å². The number of aliphatic imine (C=N–C) groups is 1. The summed E-state index contributed by atoms with van der Waals surface area (Å²) in [6.07, 6.45) is 1.70. The average Bonchev–Trinajstić information content (AvgIpc) is 2.16. The molecule has 0 spiro atoms. The molecule has 0 bridgehead atoms. The second-order valence-corrected chi connectivity index (χ2v) is 2.82. The van der Waals surface area contributed by atoms with E-state index < -0.39 is 0 Å². The van der Waals surface area contributed by atoms with Crippen LogP contribution in [-0.4, -0.2) is 12.6 Å². The maximum absolute atomic E-state index is 10.8. The summed E-state index contributed by atoms with van der Waals surface area (Å²) in [5.41, 5.74) is 2.32. The molecular weight excluding hydrogens is 176 g/mol. The van der Waals surface area contributed by atoms with E-state index in [1.807, 2.05) is 6.07 Å². The first-order chi connectivity index (χ1) is 6.67. The summed E-state index contributed by atoms with van der Waals surface area (Å²) in [5.74, 6) is -0.105. The van der Waals surface area contributed by atoms with Gasteiger partial charge in [0.05, 0.1) is 5.69 Å². The van der Waals surface area contributed by atoms with Gasteiger partial charge in [-0.15, -0.1) is 0 Å². The summed E-state index contributed by atoms with van der Waals surface area (Å²) in [7, 11) is 0. The molecule has 0 radical (unpaired) electrons. The maximum Gasteiger partial charge on any atom is 0.221 e. The Morgan fingerprint density at radius 1 is 1.64 bits per heavy atom. The third-order valence-electron chi connectivity index (χ3n) is 1.74. The Hall–Kier alpha value is -1.90. The molecule has 0 aliphatic carbocycles. The summed E-state index contributed by atoms with van der Waals surface area (Å²) in [4.78, 5) is 14.6. The van der Waals surface area contributed by atoms with Crippen LogP contribution in [0.4, 0.5) is 11.4 Å². The minimum atomic E-state index is -0.105. The van der Waals surface area contributed by atoms with Crippen molar-refractivity contribution in [1.82, 2.24) is 0 Å². The van der Waals surface area contributed by atoms with Gasteiger partial charge in [-0.25, -0.2) is 0 Å². The minimum absolute atomic E-state index is 0. The highest BCUT2D eigenvalue weighted by atomic mass is 16.1. The average molecular weight is 190 g/mol. The minimum Gasteiger partial charge on any atom is -0.326 e. The third kappa shape index (κ3) is 2.29. The second-order valence-electron chi connectivity index (χ2n) is 2.82. The molecule has 1 N–H and O–H groups in total. The number of hydrogen-bond donors (Lipinski definition) is 1. The highest BCUT2D eigenvalue weighted by molar-refractivity contribution is 5.89. The van der Waals surface area contributed by atoms with Gasteiger partial charge in [0.25, 0.3) is 0 Å². The van der Waals surface area contributed by atoms with E-state index in [0.29, 0.717) is 11.4 Å². The van der Waals surface area contributed by atoms with Gasteiger partial charge >= 0.3 is 0 Å². The molecule has 0 aliphatic rings. The van der Waals surface area contributed by atoms with Crippen LogP contribution in [0.3, 0.4) is 0 Å². The normalized spacial score (nSPS) is 9.21. The summed E-state index contributed by atoms with van der Waals surface area (Å²) in [6, 6.07) is 5.39. The van der Waals surface area contributed by atoms with Crippen LogP contribution in [0, 0.1) is 0 Å². The summed E-state index contributed by atoms with van der Waals surface area (Å²) >= 11 is 0. The zero-order valence-corrected chi connectivity index (χ0v) is 8.08. The molecule has 0 aromatic heterocycles. The first-order valence-electron chi connectivity index (χ1n) is 4.18. The Labute approximate surface area is 84.7 Å². The Kier molecular flexibility index (Phi) is 3.18. The maximum atomic E-state index is 10.8.